The summed E-state index contributed by atoms with van der Waals surface area (Å²) < 4.78 is 16.0. The van der Waals surface area contributed by atoms with E-state index in [0.717, 1.165) is 53.2 Å². The summed E-state index contributed by atoms with van der Waals surface area (Å²) in [4.78, 5) is 22.0. The molecule has 0 unspecified atom stereocenters. The van der Waals surface area contributed by atoms with Gasteiger partial charge in [-0.05, 0) is 49.6 Å². The summed E-state index contributed by atoms with van der Waals surface area (Å²) in [5.74, 6) is -0.439. The van der Waals surface area contributed by atoms with Crippen molar-refractivity contribution in [2.24, 2.45) is 7.05 Å². The minimum atomic E-state index is -0.321. The van der Waals surface area contributed by atoms with Gasteiger partial charge in [-0.2, -0.15) is 5.10 Å². The second-order valence-electron chi connectivity index (χ2n) is 8.24. The second kappa shape index (κ2) is 6.93. The Labute approximate surface area is 174 Å². The fraction of sp³-hybridized carbons (Fsp3) is 0.348. The number of amides is 1. The first kappa shape index (κ1) is 18.8. The third-order valence-electron chi connectivity index (χ3n) is 6.18. The van der Waals surface area contributed by atoms with Crippen LogP contribution in [0.25, 0.3) is 11.1 Å². The number of rotatable bonds is 0. The fourth-order valence-corrected chi connectivity index (χ4v) is 4.74. The van der Waals surface area contributed by atoms with Crippen LogP contribution in [0.3, 0.4) is 0 Å². The molecule has 0 saturated carbocycles. The molecule has 3 aromatic rings. The number of carbonyl (C=O) groups is 1. The molecule has 0 aliphatic carbocycles. The molecule has 2 aliphatic rings. The molecular formula is C23H24FN5O. The molecule has 0 N–H and O–H groups in total. The smallest absolute Gasteiger partial charge is 0.254 e. The standard InChI is InChI=1S/C23H24FN5O/c1-14-22-9-15(11-25-14)19-12-28(3)26-20(19)13-27(2)23(30)17-7-6-16(24)10-18(17)21-5-4-8-29(21)22/h6-7,9-12,21H,4-5,8,13H2,1-3H3/t21-/m1/s1. The van der Waals surface area contributed by atoms with Gasteiger partial charge in [-0.15, -0.1) is 0 Å². The van der Waals surface area contributed by atoms with Crippen LogP contribution in [-0.4, -0.2) is 39.2 Å². The van der Waals surface area contributed by atoms with Crippen LogP contribution < -0.4 is 4.90 Å². The van der Waals surface area contributed by atoms with Crippen molar-refractivity contribution in [3.63, 3.8) is 0 Å². The number of halogens is 1. The van der Waals surface area contributed by atoms with E-state index in [4.69, 9.17) is 0 Å². The van der Waals surface area contributed by atoms with Crippen molar-refractivity contribution in [1.82, 2.24) is 19.7 Å². The maximum Gasteiger partial charge on any atom is 0.254 e. The Bertz CT molecular complexity index is 1150. The van der Waals surface area contributed by atoms with Crippen molar-refractivity contribution >= 4 is 11.6 Å². The van der Waals surface area contributed by atoms with Gasteiger partial charge in [-0.1, -0.05) is 0 Å². The molecular weight excluding hydrogens is 381 g/mol. The lowest BCUT2D eigenvalue weighted by atomic mass is 9.96. The van der Waals surface area contributed by atoms with Crippen molar-refractivity contribution in [2.75, 3.05) is 18.5 Å². The number of nitrogens with zero attached hydrogens (tertiary/aromatic N) is 5. The summed E-state index contributed by atoms with van der Waals surface area (Å²) in [6.07, 6.45) is 5.69. The van der Waals surface area contributed by atoms with Crippen molar-refractivity contribution in [3.05, 3.63) is 65.0 Å². The number of hydrogen-bond donors (Lipinski definition) is 0. The van der Waals surface area contributed by atoms with E-state index in [1.54, 1.807) is 22.7 Å². The van der Waals surface area contributed by atoms with Crippen molar-refractivity contribution in [3.8, 4) is 11.1 Å². The normalized spacial score (nSPS) is 18.4. The molecule has 6 nitrogen and oxygen atoms in total. The van der Waals surface area contributed by atoms with Crippen LogP contribution in [0.2, 0.25) is 0 Å². The topological polar surface area (TPSA) is 54.3 Å². The van der Waals surface area contributed by atoms with Gasteiger partial charge < -0.3 is 9.80 Å². The van der Waals surface area contributed by atoms with Gasteiger partial charge in [0.1, 0.15) is 5.82 Å². The largest absolute Gasteiger partial charge is 0.363 e. The van der Waals surface area contributed by atoms with E-state index in [1.807, 2.05) is 26.4 Å². The number of fused-ring (bicyclic) bond motifs is 8. The van der Waals surface area contributed by atoms with Crippen LogP contribution >= 0.6 is 0 Å². The zero-order valence-corrected chi connectivity index (χ0v) is 17.4. The molecule has 0 spiro atoms. The number of carbonyl (C=O) groups excluding carboxylic acids is 1. The van der Waals surface area contributed by atoms with Crippen LogP contribution in [0.1, 0.15) is 46.2 Å². The molecule has 1 aromatic carbocycles. The molecule has 2 aromatic heterocycles. The van der Waals surface area contributed by atoms with Gasteiger partial charge in [-0.3, -0.25) is 14.5 Å². The SMILES string of the molecule is Cc1ncc2cc1N1CCC[C@@H]1c1cc(F)ccc1C(=O)N(C)Cc1nn(C)cc1-2. The summed E-state index contributed by atoms with van der Waals surface area (Å²) in [5, 5.41) is 4.60. The Kier molecular flexibility index (Phi) is 4.34. The molecule has 4 heterocycles. The summed E-state index contributed by atoms with van der Waals surface area (Å²) in [7, 11) is 3.65. The first-order valence-electron chi connectivity index (χ1n) is 10.2. The number of aromatic nitrogens is 3. The highest BCUT2D eigenvalue weighted by molar-refractivity contribution is 5.96. The minimum Gasteiger partial charge on any atom is -0.363 e. The third kappa shape index (κ3) is 2.96. The van der Waals surface area contributed by atoms with Gasteiger partial charge in [0, 0.05) is 49.7 Å². The Morgan fingerprint density at radius 3 is 2.83 bits per heavy atom. The Morgan fingerprint density at radius 2 is 2.00 bits per heavy atom. The molecule has 7 heteroatoms. The Balaban J connectivity index is 1.77. The van der Waals surface area contributed by atoms with Gasteiger partial charge >= 0.3 is 0 Å². The van der Waals surface area contributed by atoms with Gasteiger partial charge in [0.05, 0.1) is 29.7 Å². The molecule has 154 valence electrons. The van der Waals surface area contributed by atoms with Crippen molar-refractivity contribution in [1.29, 1.82) is 0 Å². The van der Waals surface area contributed by atoms with Crippen LogP contribution in [-0.2, 0) is 13.6 Å². The molecule has 5 rings (SSSR count). The molecule has 1 amide bonds. The van der Waals surface area contributed by atoms with E-state index in [-0.39, 0.29) is 17.8 Å². The fourth-order valence-electron chi connectivity index (χ4n) is 4.74. The highest BCUT2D eigenvalue weighted by Gasteiger charge is 2.32. The average molecular weight is 405 g/mol. The number of hydrogen-bond acceptors (Lipinski definition) is 4. The minimum absolute atomic E-state index is 0.0587. The molecule has 30 heavy (non-hydrogen) atoms. The first-order chi connectivity index (χ1) is 14.4. The maximum atomic E-state index is 14.3. The molecule has 1 saturated heterocycles. The summed E-state index contributed by atoms with van der Waals surface area (Å²) in [6, 6.07) is 6.61. The number of anilines is 1. The van der Waals surface area contributed by atoms with E-state index in [2.05, 4.69) is 21.0 Å². The highest BCUT2D eigenvalue weighted by atomic mass is 19.1. The summed E-state index contributed by atoms with van der Waals surface area (Å²) >= 11 is 0. The van der Waals surface area contributed by atoms with Crippen LogP contribution in [0.5, 0.6) is 0 Å². The predicted molar refractivity (Wildman–Crippen MR) is 113 cm³/mol. The lowest BCUT2D eigenvalue weighted by molar-refractivity contribution is 0.0781. The maximum absolute atomic E-state index is 14.3. The molecule has 0 radical (unpaired) electrons. The lowest BCUT2D eigenvalue weighted by Gasteiger charge is -2.31. The van der Waals surface area contributed by atoms with Crippen molar-refractivity contribution in [2.45, 2.75) is 32.4 Å². The number of aryl methyl sites for hydroxylation is 2. The van der Waals surface area contributed by atoms with E-state index in [0.29, 0.717) is 12.1 Å². The zero-order chi connectivity index (χ0) is 21.0. The number of benzene rings is 1. The summed E-state index contributed by atoms with van der Waals surface area (Å²) in [6.45, 7) is 3.20. The van der Waals surface area contributed by atoms with Gasteiger partial charge in [0.2, 0.25) is 0 Å². The quantitative estimate of drug-likeness (QED) is 0.570. The first-order valence-corrected chi connectivity index (χ1v) is 10.2. The van der Waals surface area contributed by atoms with Crippen LogP contribution in [0.4, 0.5) is 10.1 Å². The Hall–Kier alpha value is -3.22. The zero-order valence-electron chi connectivity index (χ0n) is 17.4. The molecule has 1 atom stereocenters. The van der Waals surface area contributed by atoms with Gasteiger partial charge in [0.15, 0.2) is 0 Å². The Morgan fingerprint density at radius 1 is 1.17 bits per heavy atom. The predicted octanol–water partition coefficient (Wildman–Crippen LogP) is 3.86. The average Bonchev–Trinajstić information content (AvgIpc) is 3.34. The highest BCUT2D eigenvalue weighted by Crippen LogP contribution is 2.41. The van der Waals surface area contributed by atoms with Gasteiger partial charge in [0.25, 0.3) is 5.91 Å². The third-order valence-corrected chi connectivity index (χ3v) is 6.18. The van der Waals surface area contributed by atoms with E-state index >= 15 is 0 Å². The summed E-state index contributed by atoms with van der Waals surface area (Å²) in [5.41, 5.74) is 6.02. The van der Waals surface area contributed by atoms with Crippen LogP contribution in [0, 0.1) is 12.7 Å². The van der Waals surface area contributed by atoms with Crippen LogP contribution in [0.15, 0.2) is 36.7 Å². The molecule has 1 fully saturated rings. The second-order valence-corrected chi connectivity index (χ2v) is 8.24. The van der Waals surface area contributed by atoms with E-state index in [1.165, 1.54) is 12.1 Å². The van der Waals surface area contributed by atoms with Crippen molar-refractivity contribution < 1.29 is 9.18 Å². The molecule has 2 aliphatic heterocycles. The monoisotopic (exact) mass is 405 g/mol. The number of pyridine rings is 1. The van der Waals surface area contributed by atoms with E-state index < -0.39 is 0 Å². The van der Waals surface area contributed by atoms with Gasteiger partial charge in [-0.25, -0.2) is 4.39 Å². The lowest BCUT2D eigenvalue weighted by Crippen LogP contribution is -2.31. The van der Waals surface area contributed by atoms with E-state index in [9.17, 15) is 9.18 Å². The molecule has 2 bridgehead atoms.